The largest absolute Gasteiger partial charge is 0.317 e. The van der Waals surface area contributed by atoms with Gasteiger partial charge in [-0.25, -0.2) is 0 Å². The Bertz CT molecular complexity index is 413. The van der Waals surface area contributed by atoms with Crippen LogP contribution in [0.4, 0.5) is 5.82 Å². The third-order valence-electron chi connectivity index (χ3n) is 4.13. The van der Waals surface area contributed by atoms with Crippen LogP contribution in [0.5, 0.6) is 0 Å². The maximum absolute atomic E-state index is 12.3. The molecule has 3 heterocycles. The second-order valence-corrected chi connectivity index (χ2v) is 5.34. The predicted molar refractivity (Wildman–Crippen MR) is 72.8 cm³/mol. The molecule has 19 heavy (non-hydrogen) atoms. The molecule has 3 N–H and O–H groups in total. The normalized spacial score (nSPS) is 25.6. The maximum Gasteiger partial charge on any atom is 0.242 e. The van der Waals surface area contributed by atoms with E-state index in [-0.39, 0.29) is 11.9 Å². The van der Waals surface area contributed by atoms with Crippen molar-refractivity contribution in [2.75, 3.05) is 25.0 Å². The fraction of sp³-hybridized carbons (Fsp3) is 0.692. The summed E-state index contributed by atoms with van der Waals surface area (Å²) >= 11 is 0. The first-order valence-corrected chi connectivity index (χ1v) is 7.11. The van der Waals surface area contributed by atoms with Crippen LogP contribution < -0.4 is 10.6 Å². The Hall–Kier alpha value is -1.40. The minimum absolute atomic E-state index is 0.0198. The Morgan fingerprint density at radius 2 is 2.21 bits per heavy atom. The highest BCUT2D eigenvalue weighted by Gasteiger charge is 2.35. The number of carbonyl (C=O) groups excluding carboxylic acids is 1. The lowest BCUT2D eigenvalue weighted by atomic mass is 10.0. The third-order valence-corrected chi connectivity index (χ3v) is 4.13. The summed E-state index contributed by atoms with van der Waals surface area (Å²) in [6.07, 6.45) is 6.02. The van der Waals surface area contributed by atoms with Crippen molar-refractivity contribution in [1.82, 2.24) is 20.4 Å². The summed E-state index contributed by atoms with van der Waals surface area (Å²) in [6.45, 7) is 3.18. The molecule has 2 fully saturated rings. The number of hydrogen-bond donors (Lipinski definition) is 3. The van der Waals surface area contributed by atoms with E-state index in [1.54, 1.807) is 12.3 Å². The number of hydrogen-bond acceptors (Lipinski definition) is 4. The van der Waals surface area contributed by atoms with Gasteiger partial charge in [0.05, 0.1) is 12.2 Å². The highest BCUT2D eigenvalue weighted by Crippen LogP contribution is 2.25. The Morgan fingerprint density at radius 3 is 2.95 bits per heavy atom. The molecule has 3 rings (SSSR count). The van der Waals surface area contributed by atoms with Crippen molar-refractivity contribution < 1.29 is 4.79 Å². The molecule has 2 saturated heterocycles. The molecule has 2 aliphatic rings. The number of amides is 1. The zero-order valence-electron chi connectivity index (χ0n) is 11.1. The van der Waals surface area contributed by atoms with Gasteiger partial charge in [-0.2, -0.15) is 5.10 Å². The summed E-state index contributed by atoms with van der Waals surface area (Å²) < 4.78 is 0. The second-order valence-electron chi connectivity index (χ2n) is 5.34. The fourth-order valence-corrected chi connectivity index (χ4v) is 3.19. The van der Waals surface area contributed by atoms with Crippen LogP contribution in [0.15, 0.2) is 12.3 Å². The van der Waals surface area contributed by atoms with E-state index in [0.29, 0.717) is 11.9 Å². The molecule has 0 bridgehead atoms. The average Bonchev–Trinajstić information content (AvgIpc) is 3.10. The van der Waals surface area contributed by atoms with Gasteiger partial charge in [-0.3, -0.25) is 14.8 Å². The van der Waals surface area contributed by atoms with Crippen molar-refractivity contribution >= 4 is 11.7 Å². The lowest BCUT2D eigenvalue weighted by Gasteiger charge is -2.35. The van der Waals surface area contributed by atoms with E-state index in [9.17, 15) is 4.79 Å². The predicted octanol–water partition coefficient (Wildman–Crippen LogP) is 0.565. The second kappa shape index (κ2) is 5.71. The van der Waals surface area contributed by atoms with Crippen LogP contribution in [-0.2, 0) is 4.79 Å². The average molecular weight is 263 g/mol. The van der Waals surface area contributed by atoms with Crippen LogP contribution in [0.1, 0.15) is 25.7 Å². The standard InChI is InChI=1S/C13H21N5O/c19-13(16-12-5-8-15-17-12)11-2-1-9-18(11)10-3-6-14-7-4-10/h5,8,10-11,14H,1-4,6-7,9H2,(H2,15,16,17,19). The number of carbonyl (C=O) groups is 1. The highest BCUT2D eigenvalue weighted by molar-refractivity contribution is 5.94. The van der Waals surface area contributed by atoms with Gasteiger partial charge < -0.3 is 10.6 Å². The van der Waals surface area contributed by atoms with Crippen molar-refractivity contribution in [2.24, 2.45) is 0 Å². The molecule has 0 radical (unpaired) electrons. The first kappa shape index (κ1) is 12.6. The van der Waals surface area contributed by atoms with E-state index >= 15 is 0 Å². The number of nitrogens with zero attached hydrogens (tertiary/aromatic N) is 2. The number of nitrogens with one attached hydrogen (secondary N) is 3. The van der Waals surface area contributed by atoms with Crippen molar-refractivity contribution in [3.05, 3.63) is 12.3 Å². The molecular formula is C13H21N5O. The first-order valence-electron chi connectivity index (χ1n) is 7.11. The van der Waals surface area contributed by atoms with E-state index in [1.165, 1.54) is 0 Å². The van der Waals surface area contributed by atoms with Crippen molar-refractivity contribution in [3.8, 4) is 0 Å². The van der Waals surface area contributed by atoms with Crippen LogP contribution in [0.25, 0.3) is 0 Å². The number of anilines is 1. The van der Waals surface area contributed by atoms with Gasteiger partial charge in [0.15, 0.2) is 0 Å². The van der Waals surface area contributed by atoms with Crippen molar-refractivity contribution in [2.45, 2.75) is 37.8 Å². The van der Waals surface area contributed by atoms with Gasteiger partial charge in [0.2, 0.25) is 5.91 Å². The Labute approximate surface area is 112 Å². The molecule has 1 atom stereocenters. The van der Waals surface area contributed by atoms with Gasteiger partial charge >= 0.3 is 0 Å². The number of rotatable bonds is 3. The zero-order valence-corrected chi connectivity index (χ0v) is 11.1. The highest BCUT2D eigenvalue weighted by atomic mass is 16.2. The van der Waals surface area contributed by atoms with Crippen molar-refractivity contribution in [3.63, 3.8) is 0 Å². The number of aromatic nitrogens is 2. The molecule has 0 aromatic carbocycles. The summed E-state index contributed by atoms with van der Waals surface area (Å²) in [5.74, 6) is 0.780. The van der Waals surface area contributed by atoms with Gasteiger partial charge in [0.1, 0.15) is 5.82 Å². The number of piperidine rings is 1. The van der Waals surface area contributed by atoms with Gasteiger partial charge in [-0.1, -0.05) is 0 Å². The van der Waals surface area contributed by atoms with Crippen molar-refractivity contribution in [1.29, 1.82) is 0 Å². The molecule has 0 aliphatic carbocycles. The molecule has 1 unspecified atom stereocenters. The lowest BCUT2D eigenvalue weighted by molar-refractivity contribution is -0.121. The maximum atomic E-state index is 12.3. The van der Waals surface area contributed by atoms with Crippen LogP contribution in [0.2, 0.25) is 0 Å². The summed E-state index contributed by atoms with van der Waals surface area (Å²) in [5, 5.41) is 12.9. The monoisotopic (exact) mass is 263 g/mol. The molecule has 6 nitrogen and oxygen atoms in total. The van der Waals surface area contributed by atoms with Gasteiger partial charge in [-0.05, 0) is 45.3 Å². The molecule has 2 aliphatic heterocycles. The van der Waals surface area contributed by atoms with Crippen LogP contribution >= 0.6 is 0 Å². The number of likely N-dealkylation sites (tertiary alicyclic amines) is 1. The van der Waals surface area contributed by atoms with E-state index < -0.39 is 0 Å². The fourth-order valence-electron chi connectivity index (χ4n) is 3.19. The molecule has 1 amide bonds. The summed E-state index contributed by atoms with van der Waals surface area (Å²) in [6, 6.07) is 2.36. The molecule has 1 aromatic rings. The zero-order chi connectivity index (χ0) is 13.1. The molecule has 1 aromatic heterocycles. The molecule has 0 saturated carbocycles. The number of aromatic amines is 1. The first-order chi connectivity index (χ1) is 9.34. The Kier molecular flexibility index (Phi) is 3.79. The molecule has 104 valence electrons. The van der Waals surface area contributed by atoms with Crippen LogP contribution in [-0.4, -0.2) is 52.7 Å². The quantitative estimate of drug-likeness (QED) is 0.745. The van der Waals surface area contributed by atoms with E-state index in [4.69, 9.17) is 0 Å². The molecular weight excluding hydrogens is 242 g/mol. The Morgan fingerprint density at radius 1 is 1.37 bits per heavy atom. The summed E-state index contributed by atoms with van der Waals surface area (Å²) in [7, 11) is 0. The topological polar surface area (TPSA) is 73.0 Å². The summed E-state index contributed by atoms with van der Waals surface area (Å²) in [4.78, 5) is 14.7. The smallest absolute Gasteiger partial charge is 0.242 e. The van der Waals surface area contributed by atoms with Gasteiger partial charge in [0.25, 0.3) is 0 Å². The molecule has 6 heteroatoms. The lowest BCUT2D eigenvalue weighted by Crippen LogP contribution is -2.49. The SMILES string of the molecule is O=C(Nc1ccn[nH]1)C1CCCN1C1CCNCC1. The summed E-state index contributed by atoms with van der Waals surface area (Å²) in [5.41, 5.74) is 0. The van der Waals surface area contributed by atoms with Crippen LogP contribution in [0.3, 0.4) is 0 Å². The van der Waals surface area contributed by atoms with E-state index in [0.717, 1.165) is 45.3 Å². The minimum Gasteiger partial charge on any atom is -0.317 e. The number of H-pyrrole nitrogens is 1. The minimum atomic E-state index is 0.0198. The van der Waals surface area contributed by atoms with Gasteiger partial charge in [0, 0.05) is 12.1 Å². The van der Waals surface area contributed by atoms with Gasteiger partial charge in [-0.15, -0.1) is 0 Å². The van der Waals surface area contributed by atoms with Crippen LogP contribution in [0, 0.1) is 0 Å². The Balaban J connectivity index is 1.63. The third kappa shape index (κ3) is 2.79. The van der Waals surface area contributed by atoms with E-state index in [2.05, 4.69) is 25.7 Å². The molecule has 0 spiro atoms. The van der Waals surface area contributed by atoms with E-state index in [1.807, 2.05) is 0 Å².